The molecule has 0 aliphatic heterocycles. The number of Topliss-reactive ketones (excluding diaryl/α,β-unsaturated/α-hetero) is 1. The summed E-state index contributed by atoms with van der Waals surface area (Å²) in [6.07, 6.45) is 6.76. The highest BCUT2D eigenvalue weighted by atomic mass is 16.1. The van der Waals surface area contributed by atoms with Crippen molar-refractivity contribution >= 4 is 11.7 Å². The van der Waals surface area contributed by atoms with Crippen LogP contribution in [0.1, 0.15) is 39.0 Å². The van der Waals surface area contributed by atoms with Crippen molar-refractivity contribution in [3.63, 3.8) is 0 Å². The maximum Gasteiger partial charge on any atom is 0.217 e. The lowest BCUT2D eigenvalue weighted by Crippen LogP contribution is -2.12. The molecule has 3 nitrogen and oxygen atoms in total. The molecule has 0 fully saturated rings. The zero-order chi connectivity index (χ0) is 10.1. The van der Waals surface area contributed by atoms with Crippen LogP contribution in [-0.2, 0) is 9.59 Å². The fourth-order valence-corrected chi connectivity index (χ4v) is 0.916. The number of nitrogens with two attached hydrogens (primary N) is 1. The number of ketones is 1. The third-order valence-corrected chi connectivity index (χ3v) is 1.64. The Balaban J connectivity index is 3.41. The lowest BCUT2D eigenvalue weighted by Gasteiger charge is -1.95. The van der Waals surface area contributed by atoms with Crippen molar-refractivity contribution in [3.8, 4) is 0 Å². The number of carbonyl (C=O) groups is 2. The van der Waals surface area contributed by atoms with Gasteiger partial charge in [0.05, 0.1) is 0 Å². The van der Waals surface area contributed by atoms with Gasteiger partial charge in [-0.25, -0.2) is 0 Å². The minimum atomic E-state index is -0.405. The van der Waals surface area contributed by atoms with Gasteiger partial charge in [-0.3, -0.25) is 9.59 Å². The lowest BCUT2D eigenvalue weighted by molar-refractivity contribution is -0.123. The van der Waals surface area contributed by atoms with E-state index < -0.39 is 5.91 Å². The predicted octanol–water partition coefficient (Wildman–Crippen LogP) is 1.57. The van der Waals surface area contributed by atoms with Crippen LogP contribution in [0.3, 0.4) is 0 Å². The van der Waals surface area contributed by atoms with Gasteiger partial charge in [0.1, 0.15) is 5.78 Å². The van der Waals surface area contributed by atoms with E-state index in [4.69, 9.17) is 5.73 Å². The minimum absolute atomic E-state index is 0.111. The van der Waals surface area contributed by atoms with Gasteiger partial charge in [-0.05, 0) is 12.8 Å². The number of hydrogen-bond donors (Lipinski definition) is 1. The van der Waals surface area contributed by atoms with Gasteiger partial charge < -0.3 is 5.73 Å². The topological polar surface area (TPSA) is 60.2 Å². The first-order valence-electron chi connectivity index (χ1n) is 4.61. The summed E-state index contributed by atoms with van der Waals surface area (Å²) in [5.41, 5.74) is 4.91. The molecule has 0 aliphatic rings. The molecule has 0 aromatic carbocycles. The molecule has 13 heavy (non-hydrogen) atoms. The number of rotatable bonds is 7. The molecule has 0 aromatic heterocycles. The van der Waals surface area contributed by atoms with E-state index in [1.165, 1.54) is 0 Å². The zero-order valence-electron chi connectivity index (χ0n) is 8.08. The van der Waals surface area contributed by atoms with E-state index in [-0.39, 0.29) is 18.6 Å². The molecule has 0 aliphatic carbocycles. The average molecular weight is 183 g/mol. The summed E-state index contributed by atoms with van der Waals surface area (Å²) in [7, 11) is 0. The molecule has 74 valence electrons. The van der Waals surface area contributed by atoms with Crippen LogP contribution in [0, 0.1) is 0 Å². The van der Waals surface area contributed by atoms with Gasteiger partial charge in [0, 0.05) is 19.3 Å². The molecule has 0 heterocycles. The third-order valence-electron chi connectivity index (χ3n) is 1.64. The van der Waals surface area contributed by atoms with Gasteiger partial charge >= 0.3 is 0 Å². The summed E-state index contributed by atoms with van der Waals surface area (Å²) in [5.74, 6) is -0.294. The van der Waals surface area contributed by atoms with Crippen LogP contribution in [-0.4, -0.2) is 11.7 Å². The van der Waals surface area contributed by atoms with Crippen molar-refractivity contribution in [2.75, 3.05) is 0 Å². The second-order valence-corrected chi connectivity index (χ2v) is 2.92. The van der Waals surface area contributed by atoms with Crippen LogP contribution in [0.5, 0.6) is 0 Å². The van der Waals surface area contributed by atoms with Crippen molar-refractivity contribution in [1.82, 2.24) is 0 Å². The number of hydrogen-bond acceptors (Lipinski definition) is 2. The second kappa shape index (κ2) is 7.53. The standard InChI is InChI=1S/C10H17NO2/c1-2-3-4-5-6-9(12)7-8-10(11)13/h3-4H,2,5-8H2,1H3,(H2,11,13)/b4-3+. The fourth-order valence-electron chi connectivity index (χ4n) is 0.916. The molecule has 3 heteroatoms. The first-order valence-corrected chi connectivity index (χ1v) is 4.61. The summed E-state index contributed by atoms with van der Waals surface area (Å²) in [4.78, 5) is 21.4. The molecule has 0 unspecified atom stereocenters. The van der Waals surface area contributed by atoms with Crippen LogP contribution >= 0.6 is 0 Å². The highest BCUT2D eigenvalue weighted by Gasteiger charge is 2.02. The molecule has 0 aromatic rings. The van der Waals surface area contributed by atoms with E-state index in [2.05, 4.69) is 0 Å². The van der Waals surface area contributed by atoms with Crippen LogP contribution < -0.4 is 5.73 Å². The highest BCUT2D eigenvalue weighted by molar-refractivity contribution is 5.84. The Bertz CT molecular complexity index is 197. The number of allylic oxidation sites excluding steroid dienone is 2. The molecule has 0 saturated heterocycles. The Labute approximate surface area is 79.0 Å². The Kier molecular flexibility index (Phi) is 6.88. The SMILES string of the molecule is CC/C=C/CCC(=O)CCC(N)=O. The average Bonchev–Trinajstić information content (AvgIpc) is 2.09. The number of carbonyl (C=O) groups excluding carboxylic acids is 2. The van der Waals surface area contributed by atoms with Crippen LogP contribution in [0.25, 0.3) is 0 Å². The molecule has 0 radical (unpaired) electrons. The maximum absolute atomic E-state index is 11.1. The Morgan fingerprint density at radius 3 is 2.38 bits per heavy atom. The van der Waals surface area contributed by atoms with Gasteiger partial charge in [0.2, 0.25) is 5.91 Å². The number of primary amides is 1. The fraction of sp³-hybridized carbons (Fsp3) is 0.600. The van der Waals surface area contributed by atoms with Gasteiger partial charge in [0.25, 0.3) is 0 Å². The molecular weight excluding hydrogens is 166 g/mol. The summed E-state index contributed by atoms with van der Waals surface area (Å²) in [6.45, 7) is 2.05. The maximum atomic E-state index is 11.1. The first-order chi connectivity index (χ1) is 6.16. The van der Waals surface area contributed by atoms with E-state index in [1.54, 1.807) is 0 Å². The van der Waals surface area contributed by atoms with Crippen molar-refractivity contribution in [3.05, 3.63) is 12.2 Å². The Morgan fingerprint density at radius 1 is 1.15 bits per heavy atom. The summed E-state index contributed by atoms with van der Waals surface area (Å²) >= 11 is 0. The normalized spacial score (nSPS) is 10.5. The second-order valence-electron chi connectivity index (χ2n) is 2.92. The lowest BCUT2D eigenvalue weighted by atomic mass is 10.1. The van der Waals surface area contributed by atoms with Gasteiger partial charge in [-0.2, -0.15) is 0 Å². The van der Waals surface area contributed by atoms with Gasteiger partial charge in [-0.15, -0.1) is 0 Å². The third kappa shape index (κ3) is 8.79. The van der Waals surface area contributed by atoms with Crippen molar-refractivity contribution in [1.29, 1.82) is 0 Å². The van der Waals surface area contributed by atoms with E-state index in [9.17, 15) is 9.59 Å². The highest BCUT2D eigenvalue weighted by Crippen LogP contribution is 1.99. The van der Waals surface area contributed by atoms with E-state index in [0.29, 0.717) is 6.42 Å². The Hall–Kier alpha value is -1.12. The predicted molar refractivity (Wildman–Crippen MR) is 52.1 cm³/mol. The zero-order valence-corrected chi connectivity index (χ0v) is 8.08. The molecule has 0 rings (SSSR count). The van der Waals surface area contributed by atoms with Crippen molar-refractivity contribution in [2.45, 2.75) is 39.0 Å². The molecular formula is C10H17NO2. The minimum Gasteiger partial charge on any atom is -0.370 e. The molecule has 0 saturated carbocycles. The van der Waals surface area contributed by atoms with Crippen LogP contribution in [0.4, 0.5) is 0 Å². The largest absolute Gasteiger partial charge is 0.370 e. The monoisotopic (exact) mass is 183 g/mol. The first kappa shape index (κ1) is 11.9. The smallest absolute Gasteiger partial charge is 0.217 e. The molecule has 1 amide bonds. The molecule has 2 N–H and O–H groups in total. The molecule has 0 spiro atoms. The van der Waals surface area contributed by atoms with E-state index in [1.807, 2.05) is 19.1 Å². The Morgan fingerprint density at radius 2 is 1.85 bits per heavy atom. The number of amides is 1. The molecule has 0 bridgehead atoms. The molecule has 0 atom stereocenters. The summed E-state index contributed by atoms with van der Waals surface area (Å²) in [6, 6.07) is 0. The van der Waals surface area contributed by atoms with Crippen LogP contribution in [0.15, 0.2) is 12.2 Å². The quantitative estimate of drug-likeness (QED) is 0.609. The van der Waals surface area contributed by atoms with Gasteiger partial charge in [0.15, 0.2) is 0 Å². The van der Waals surface area contributed by atoms with Gasteiger partial charge in [-0.1, -0.05) is 19.1 Å². The summed E-state index contributed by atoms with van der Waals surface area (Å²) in [5, 5.41) is 0. The van der Waals surface area contributed by atoms with E-state index in [0.717, 1.165) is 12.8 Å². The van der Waals surface area contributed by atoms with E-state index >= 15 is 0 Å². The summed E-state index contributed by atoms with van der Waals surface area (Å²) < 4.78 is 0. The van der Waals surface area contributed by atoms with Crippen molar-refractivity contribution < 1.29 is 9.59 Å². The van der Waals surface area contributed by atoms with Crippen molar-refractivity contribution in [2.24, 2.45) is 5.73 Å². The van der Waals surface area contributed by atoms with Crippen LogP contribution in [0.2, 0.25) is 0 Å².